The number of aliphatic carboxylic acids is 1. The van der Waals surface area contributed by atoms with Crippen LogP contribution >= 0.6 is 35.1 Å². The van der Waals surface area contributed by atoms with E-state index in [1.165, 1.54) is 33.1 Å². The monoisotopic (exact) mass is 578 g/mol. The molecule has 1 fully saturated rings. The number of carboxylic acid groups (broad SMARTS) is 1. The summed E-state index contributed by atoms with van der Waals surface area (Å²) in [4.78, 5) is 49.2. The Balaban J connectivity index is 1.31. The highest BCUT2D eigenvalue weighted by Crippen LogP contribution is 2.41. The average Bonchev–Trinajstić information content (AvgIpc) is 3.53. The van der Waals surface area contributed by atoms with E-state index in [9.17, 15) is 19.5 Å². The minimum absolute atomic E-state index is 0.0200. The van der Waals surface area contributed by atoms with Crippen molar-refractivity contribution >= 4 is 63.7 Å². The Bertz CT molecular complexity index is 1350. The van der Waals surface area contributed by atoms with Gasteiger partial charge in [0.2, 0.25) is 16.7 Å². The van der Waals surface area contributed by atoms with Gasteiger partial charge in [-0.3, -0.25) is 14.5 Å². The van der Waals surface area contributed by atoms with E-state index in [1.54, 1.807) is 7.05 Å². The molecule has 0 saturated carbocycles. The number of nitrogens with two attached hydrogens (primary N) is 1. The second-order valence-electron chi connectivity index (χ2n) is 8.39. The number of nitrogens with zero attached hydrogens (tertiary/aromatic N) is 8. The predicted molar refractivity (Wildman–Crippen MR) is 138 cm³/mol. The lowest BCUT2D eigenvalue weighted by Gasteiger charge is -2.49. The summed E-state index contributed by atoms with van der Waals surface area (Å²) in [5.74, 6) is -1.87. The topological polar surface area (TPSA) is 204 Å². The highest BCUT2D eigenvalue weighted by Gasteiger charge is 2.54. The third-order valence-electron chi connectivity index (χ3n) is 5.85. The van der Waals surface area contributed by atoms with Gasteiger partial charge < -0.3 is 21.0 Å². The van der Waals surface area contributed by atoms with Gasteiger partial charge >= 0.3 is 5.97 Å². The van der Waals surface area contributed by atoms with Crippen LogP contribution in [0.2, 0.25) is 0 Å². The highest BCUT2D eigenvalue weighted by molar-refractivity contribution is 8.01. The number of nitrogen functional groups attached to an aromatic ring is 1. The first-order valence-electron chi connectivity index (χ1n) is 11.4. The van der Waals surface area contributed by atoms with Gasteiger partial charge in [-0.15, -0.1) is 16.9 Å². The molecule has 3 aliphatic rings. The van der Waals surface area contributed by atoms with Gasteiger partial charge in [-0.1, -0.05) is 23.0 Å². The molecule has 1 aliphatic carbocycles. The summed E-state index contributed by atoms with van der Waals surface area (Å²) in [6.07, 6.45) is 6.18. The van der Waals surface area contributed by atoms with Crippen LogP contribution in [0.1, 0.15) is 25.1 Å². The van der Waals surface area contributed by atoms with E-state index in [1.807, 2.05) is 12.2 Å². The lowest BCUT2D eigenvalue weighted by Crippen LogP contribution is -2.71. The normalized spacial score (nSPS) is 23.2. The average molecular weight is 579 g/mol. The van der Waals surface area contributed by atoms with Crippen LogP contribution in [0.3, 0.4) is 0 Å². The molecule has 200 valence electrons. The number of carbonyl (C=O) groups is 3. The molecule has 4 N–H and O–H groups in total. The van der Waals surface area contributed by atoms with Crippen molar-refractivity contribution in [1.82, 2.24) is 39.8 Å². The Morgan fingerprint density at radius 3 is 2.92 bits per heavy atom. The van der Waals surface area contributed by atoms with E-state index in [4.69, 9.17) is 10.6 Å². The molecular formula is C20H22N10O5S3. The number of tetrazole rings is 1. The molecule has 0 bridgehead atoms. The largest absolute Gasteiger partial charge is 0.477 e. The maximum absolute atomic E-state index is 13.2. The summed E-state index contributed by atoms with van der Waals surface area (Å²) in [7, 11) is 1.68. The molecule has 0 radical (unpaired) electrons. The van der Waals surface area contributed by atoms with E-state index >= 15 is 0 Å². The van der Waals surface area contributed by atoms with Crippen molar-refractivity contribution in [3.63, 3.8) is 0 Å². The summed E-state index contributed by atoms with van der Waals surface area (Å²) in [6, 6.07) is -0.963. The summed E-state index contributed by atoms with van der Waals surface area (Å²) in [6.45, 7) is 0. The van der Waals surface area contributed by atoms with Gasteiger partial charge in [-0.2, -0.15) is 9.36 Å². The maximum atomic E-state index is 13.2. The van der Waals surface area contributed by atoms with Crippen molar-refractivity contribution in [3.8, 4) is 0 Å². The molecule has 2 aliphatic heterocycles. The maximum Gasteiger partial charge on any atom is 0.352 e. The van der Waals surface area contributed by atoms with Gasteiger partial charge in [-0.05, 0) is 41.3 Å². The third-order valence-corrected chi connectivity index (χ3v) is 8.83. The molecule has 5 rings (SSSR count). The minimum atomic E-state index is -1.22. The number of allylic oxidation sites excluding steroid dienone is 1. The van der Waals surface area contributed by atoms with Crippen LogP contribution in [0.4, 0.5) is 5.13 Å². The first-order chi connectivity index (χ1) is 18.3. The molecule has 2 aromatic heterocycles. The molecule has 4 heterocycles. The molecule has 0 spiro atoms. The molecule has 15 nitrogen and oxygen atoms in total. The summed E-state index contributed by atoms with van der Waals surface area (Å²) >= 11 is 3.52. The molecule has 0 aromatic carbocycles. The molecule has 3 atom stereocenters. The summed E-state index contributed by atoms with van der Waals surface area (Å²) < 4.78 is 5.53. The van der Waals surface area contributed by atoms with E-state index < -0.39 is 29.2 Å². The lowest BCUT2D eigenvalue weighted by atomic mass is 10.0. The molecule has 2 amide bonds. The highest BCUT2D eigenvalue weighted by atomic mass is 32.2. The van der Waals surface area contributed by atoms with Gasteiger partial charge in [-0.25, -0.2) is 9.48 Å². The number of aromatic nitrogens is 6. The molecule has 2 aromatic rings. The predicted octanol–water partition coefficient (Wildman–Crippen LogP) is 0.00410. The zero-order valence-electron chi connectivity index (χ0n) is 19.9. The number of rotatable bonds is 9. The Morgan fingerprint density at radius 1 is 1.42 bits per heavy atom. The number of amides is 2. The van der Waals surface area contributed by atoms with Crippen LogP contribution in [0.15, 0.2) is 33.7 Å². The number of hydrogen-bond acceptors (Lipinski definition) is 14. The number of β-lactam (4-membered cyclic amide) rings is 1. The minimum Gasteiger partial charge on any atom is -0.477 e. The van der Waals surface area contributed by atoms with Crippen molar-refractivity contribution in [2.24, 2.45) is 12.2 Å². The van der Waals surface area contributed by atoms with Crippen molar-refractivity contribution in [2.75, 3.05) is 17.2 Å². The fraction of sp³-hybridized carbons (Fsp3) is 0.450. The van der Waals surface area contributed by atoms with Gasteiger partial charge in [0.1, 0.15) is 23.2 Å². The van der Waals surface area contributed by atoms with Gasteiger partial charge in [0.25, 0.3) is 11.8 Å². The molecular weight excluding hydrogens is 556 g/mol. The zero-order chi connectivity index (χ0) is 26.8. The third kappa shape index (κ3) is 5.23. The zero-order valence-corrected chi connectivity index (χ0v) is 22.3. The van der Waals surface area contributed by atoms with Crippen molar-refractivity contribution in [2.45, 2.75) is 41.9 Å². The number of nitrogens with one attached hydrogen (secondary N) is 1. The fourth-order valence-corrected chi connectivity index (χ4v) is 6.77. The van der Waals surface area contributed by atoms with Gasteiger partial charge in [0, 0.05) is 30.1 Å². The van der Waals surface area contributed by atoms with E-state index in [2.05, 4.69) is 35.4 Å². The van der Waals surface area contributed by atoms with Crippen molar-refractivity contribution in [1.29, 1.82) is 0 Å². The van der Waals surface area contributed by atoms with Crippen LogP contribution in [0.5, 0.6) is 0 Å². The van der Waals surface area contributed by atoms with E-state index in [0.717, 1.165) is 30.8 Å². The van der Waals surface area contributed by atoms with Crippen LogP contribution in [-0.4, -0.2) is 92.1 Å². The second-order valence-corrected chi connectivity index (χ2v) is 11.2. The quantitative estimate of drug-likeness (QED) is 0.118. The summed E-state index contributed by atoms with van der Waals surface area (Å²) in [5, 5.41) is 27.8. The van der Waals surface area contributed by atoms with Crippen LogP contribution < -0.4 is 11.1 Å². The number of anilines is 1. The molecule has 38 heavy (non-hydrogen) atoms. The number of hydrogen-bond donors (Lipinski definition) is 3. The first kappa shape index (κ1) is 26.1. The SMILES string of the molecule is Cn1nnnc1SCC1=C(C(=O)O)N2C(=O)C(NC(=O)C(=NOC3C=CCCC3)c3nsc(N)n3)[C@@H]2SC1. The molecule has 1 saturated heterocycles. The van der Waals surface area contributed by atoms with Gasteiger partial charge in [0.15, 0.2) is 5.13 Å². The van der Waals surface area contributed by atoms with Crippen LogP contribution in [0, 0.1) is 0 Å². The molecule has 18 heteroatoms. The number of thioether (sulfide) groups is 2. The Hall–Kier alpha value is -3.51. The molecule has 2 unspecified atom stereocenters. The summed E-state index contributed by atoms with van der Waals surface area (Å²) in [5.41, 5.74) is 5.94. The van der Waals surface area contributed by atoms with Crippen LogP contribution in [-0.2, 0) is 26.3 Å². The number of oxime groups is 1. The Morgan fingerprint density at radius 2 is 2.26 bits per heavy atom. The number of carboxylic acids is 1. The standard InChI is InChI=1S/C20H22N10O5S3/c1-29-20(24-27-28-29)37-8-9-7-36-17-12(16(32)30(17)13(9)18(33)34)22-15(31)11(14-23-19(21)38-26-14)25-35-10-5-3-2-4-6-10/h3,5,10,12,17H,2,4,6-8H2,1H3,(H,22,31)(H,33,34)(H2,21,23,26)/t10?,12?,17-/m0/s1. The van der Waals surface area contributed by atoms with Crippen molar-refractivity contribution in [3.05, 3.63) is 29.2 Å². The smallest absolute Gasteiger partial charge is 0.352 e. The van der Waals surface area contributed by atoms with Crippen molar-refractivity contribution < 1.29 is 24.3 Å². The second kappa shape index (κ2) is 11.1. The number of carbonyl (C=O) groups excluding carboxylic acids is 2. The fourth-order valence-electron chi connectivity index (χ4n) is 4.00. The van der Waals surface area contributed by atoms with E-state index in [0.29, 0.717) is 16.5 Å². The Kier molecular flexibility index (Phi) is 7.61. The Labute approximate surface area is 228 Å². The van der Waals surface area contributed by atoms with Crippen LogP contribution in [0.25, 0.3) is 0 Å². The first-order valence-corrected chi connectivity index (χ1v) is 14.2. The number of aryl methyl sites for hydroxylation is 1. The van der Waals surface area contributed by atoms with Gasteiger partial charge in [0.05, 0.1) is 0 Å². The lowest BCUT2D eigenvalue weighted by molar-refractivity contribution is -0.150. The van der Waals surface area contributed by atoms with E-state index in [-0.39, 0.29) is 34.2 Å². The number of fused-ring (bicyclic) bond motifs is 1.